The summed E-state index contributed by atoms with van der Waals surface area (Å²) in [7, 11) is 0. The molecule has 15 heavy (non-hydrogen) atoms. The number of halogens is 1. The van der Waals surface area contributed by atoms with Gasteiger partial charge in [-0.2, -0.15) is 0 Å². The van der Waals surface area contributed by atoms with E-state index in [1.807, 2.05) is 13.8 Å². The molecule has 0 spiro atoms. The number of aromatic nitrogens is 4. The van der Waals surface area contributed by atoms with Crippen LogP contribution in [0, 0.1) is 13.8 Å². The molecule has 4 nitrogen and oxygen atoms in total. The highest BCUT2D eigenvalue weighted by molar-refractivity contribution is 7.99. The van der Waals surface area contributed by atoms with Crippen LogP contribution in [-0.2, 0) is 0 Å². The highest BCUT2D eigenvalue weighted by Crippen LogP contribution is 2.28. The highest BCUT2D eigenvalue weighted by Gasteiger charge is 2.10. The molecule has 0 atom stereocenters. The van der Waals surface area contributed by atoms with E-state index in [0.29, 0.717) is 5.15 Å². The van der Waals surface area contributed by atoms with Gasteiger partial charge >= 0.3 is 0 Å². The molecule has 0 saturated heterocycles. The SMILES string of the molecule is Cc1c(Cl)nnc(Sc2ncc[nH]2)c1C. The molecule has 2 aromatic heterocycles. The third-order valence-electron chi connectivity index (χ3n) is 2.09. The fraction of sp³-hybridized carbons (Fsp3) is 0.222. The molecule has 2 rings (SSSR count). The lowest BCUT2D eigenvalue weighted by Gasteiger charge is -2.05. The van der Waals surface area contributed by atoms with Gasteiger partial charge in [-0.05, 0) is 36.7 Å². The van der Waals surface area contributed by atoms with E-state index in [1.54, 1.807) is 12.4 Å². The fourth-order valence-corrected chi connectivity index (χ4v) is 2.04. The molecule has 0 unspecified atom stereocenters. The van der Waals surface area contributed by atoms with Crippen LogP contribution in [-0.4, -0.2) is 20.2 Å². The van der Waals surface area contributed by atoms with Gasteiger partial charge in [0, 0.05) is 12.4 Å². The second-order valence-corrected chi connectivity index (χ2v) is 4.38. The third kappa shape index (κ3) is 2.13. The highest BCUT2D eigenvalue weighted by atomic mass is 35.5. The minimum Gasteiger partial charge on any atom is -0.339 e. The van der Waals surface area contributed by atoms with Crippen molar-refractivity contribution in [2.24, 2.45) is 0 Å². The number of aromatic amines is 1. The normalized spacial score (nSPS) is 10.6. The lowest BCUT2D eigenvalue weighted by molar-refractivity contribution is 0.886. The first-order chi connectivity index (χ1) is 7.18. The van der Waals surface area contributed by atoms with Crippen LogP contribution in [0.5, 0.6) is 0 Å². The van der Waals surface area contributed by atoms with Crippen LogP contribution in [0.2, 0.25) is 5.15 Å². The van der Waals surface area contributed by atoms with Gasteiger partial charge in [0.1, 0.15) is 5.03 Å². The van der Waals surface area contributed by atoms with E-state index in [4.69, 9.17) is 11.6 Å². The molecule has 1 N–H and O–H groups in total. The van der Waals surface area contributed by atoms with E-state index in [1.165, 1.54) is 11.8 Å². The molecule has 2 heterocycles. The molecular weight excluding hydrogens is 232 g/mol. The molecule has 0 saturated carbocycles. The predicted molar refractivity (Wildman–Crippen MR) is 59.2 cm³/mol. The Morgan fingerprint density at radius 3 is 2.73 bits per heavy atom. The fourth-order valence-electron chi connectivity index (χ4n) is 1.05. The zero-order valence-corrected chi connectivity index (χ0v) is 9.85. The van der Waals surface area contributed by atoms with E-state index in [-0.39, 0.29) is 0 Å². The molecule has 0 aliphatic heterocycles. The Labute approximate surface area is 96.5 Å². The molecule has 0 bridgehead atoms. The zero-order chi connectivity index (χ0) is 10.8. The molecule has 6 heteroatoms. The molecular formula is C9H9ClN4S. The standard InChI is InChI=1S/C9H9ClN4S/c1-5-6(2)8(14-13-7(5)10)15-9-11-3-4-12-9/h3-4H,1-2H3,(H,11,12). The lowest BCUT2D eigenvalue weighted by atomic mass is 10.2. The summed E-state index contributed by atoms with van der Waals surface area (Å²) in [4.78, 5) is 7.11. The monoisotopic (exact) mass is 240 g/mol. The number of rotatable bonds is 2. The summed E-state index contributed by atoms with van der Waals surface area (Å²) in [6.07, 6.45) is 3.47. The van der Waals surface area contributed by atoms with Crippen molar-refractivity contribution in [2.75, 3.05) is 0 Å². The zero-order valence-electron chi connectivity index (χ0n) is 8.28. The van der Waals surface area contributed by atoms with Crippen molar-refractivity contribution >= 4 is 23.4 Å². The van der Waals surface area contributed by atoms with Gasteiger partial charge in [-0.15, -0.1) is 10.2 Å². The first kappa shape index (κ1) is 10.4. The lowest BCUT2D eigenvalue weighted by Crippen LogP contribution is -1.95. The van der Waals surface area contributed by atoms with Crippen molar-refractivity contribution in [1.29, 1.82) is 0 Å². The maximum Gasteiger partial charge on any atom is 0.171 e. The Balaban J connectivity index is 2.34. The van der Waals surface area contributed by atoms with Gasteiger partial charge in [-0.25, -0.2) is 4.98 Å². The first-order valence-electron chi connectivity index (χ1n) is 4.35. The molecule has 0 radical (unpaired) electrons. The maximum atomic E-state index is 5.86. The molecule has 2 aromatic rings. The number of hydrogen-bond donors (Lipinski definition) is 1. The van der Waals surface area contributed by atoms with E-state index >= 15 is 0 Å². The van der Waals surface area contributed by atoms with Crippen LogP contribution in [0.1, 0.15) is 11.1 Å². The third-order valence-corrected chi connectivity index (χ3v) is 3.44. The summed E-state index contributed by atoms with van der Waals surface area (Å²) in [5, 5.41) is 9.99. The molecule has 0 amide bonds. The molecule has 0 aliphatic rings. The predicted octanol–water partition coefficient (Wildman–Crippen LogP) is 2.62. The van der Waals surface area contributed by atoms with Crippen LogP contribution in [0.3, 0.4) is 0 Å². The van der Waals surface area contributed by atoms with Crippen molar-refractivity contribution in [2.45, 2.75) is 24.0 Å². The topological polar surface area (TPSA) is 54.5 Å². The smallest absolute Gasteiger partial charge is 0.171 e. The quantitative estimate of drug-likeness (QED) is 0.877. The van der Waals surface area contributed by atoms with Crippen molar-refractivity contribution < 1.29 is 0 Å². The number of hydrogen-bond acceptors (Lipinski definition) is 4. The Hall–Kier alpha value is -1.07. The van der Waals surface area contributed by atoms with Gasteiger partial charge in [0.25, 0.3) is 0 Å². The van der Waals surface area contributed by atoms with E-state index in [9.17, 15) is 0 Å². The molecule has 0 aromatic carbocycles. The van der Waals surface area contributed by atoms with Crippen LogP contribution in [0.4, 0.5) is 0 Å². The van der Waals surface area contributed by atoms with Crippen molar-refractivity contribution in [1.82, 2.24) is 20.2 Å². The van der Waals surface area contributed by atoms with E-state index < -0.39 is 0 Å². The van der Waals surface area contributed by atoms with Crippen LogP contribution in [0.25, 0.3) is 0 Å². The number of nitrogens with one attached hydrogen (secondary N) is 1. The second kappa shape index (κ2) is 4.20. The van der Waals surface area contributed by atoms with Gasteiger partial charge in [0.2, 0.25) is 0 Å². The molecule has 0 aliphatic carbocycles. The van der Waals surface area contributed by atoms with E-state index in [0.717, 1.165) is 21.3 Å². The maximum absolute atomic E-state index is 5.86. The Morgan fingerprint density at radius 2 is 2.07 bits per heavy atom. The summed E-state index contributed by atoms with van der Waals surface area (Å²) in [5.74, 6) is 0. The minimum atomic E-state index is 0.455. The number of imidazole rings is 1. The number of H-pyrrole nitrogens is 1. The summed E-state index contributed by atoms with van der Waals surface area (Å²) in [6, 6.07) is 0. The van der Waals surface area contributed by atoms with Crippen LogP contribution in [0.15, 0.2) is 22.6 Å². The minimum absolute atomic E-state index is 0.455. The Kier molecular flexibility index (Phi) is 2.93. The van der Waals surface area contributed by atoms with Gasteiger partial charge in [0.05, 0.1) is 0 Å². The van der Waals surface area contributed by atoms with Crippen LogP contribution >= 0.6 is 23.4 Å². The van der Waals surface area contributed by atoms with Gasteiger partial charge in [-0.3, -0.25) is 0 Å². The average molecular weight is 241 g/mol. The van der Waals surface area contributed by atoms with E-state index in [2.05, 4.69) is 20.2 Å². The summed E-state index contributed by atoms with van der Waals surface area (Å²) in [5.41, 5.74) is 2.00. The van der Waals surface area contributed by atoms with Gasteiger partial charge in [-0.1, -0.05) is 11.6 Å². The number of nitrogens with zero attached hydrogens (tertiary/aromatic N) is 3. The average Bonchev–Trinajstić information content (AvgIpc) is 2.72. The summed E-state index contributed by atoms with van der Waals surface area (Å²) >= 11 is 7.31. The molecule has 78 valence electrons. The Morgan fingerprint density at radius 1 is 1.27 bits per heavy atom. The first-order valence-corrected chi connectivity index (χ1v) is 5.54. The van der Waals surface area contributed by atoms with Gasteiger partial charge in [0.15, 0.2) is 10.3 Å². The Bertz CT molecular complexity index is 469. The van der Waals surface area contributed by atoms with Crippen molar-refractivity contribution in [3.8, 4) is 0 Å². The van der Waals surface area contributed by atoms with Crippen LogP contribution < -0.4 is 0 Å². The van der Waals surface area contributed by atoms with Crippen molar-refractivity contribution in [3.05, 3.63) is 28.7 Å². The summed E-state index contributed by atoms with van der Waals surface area (Å²) in [6.45, 7) is 3.90. The second-order valence-electron chi connectivity index (χ2n) is 3.04. The molecule has 0 fully saturated rings. The van der Waals surface area contributed by atoms with Crippen molar-refractivity contribution in [3.63, 3.8) is 0 Å². The largest absolute Gasteiger partial charge is 0.339 e. The summed E-state index contributed by atoms with van der Waals surface area (Å²) < 4.78 is 0. The van der Waals surface area contributed by atoms with Gasteiger partial charge < -0.3 is 4.98 Å².